The summed E-state index contributed by atoms with van der Waals surface area (Å²) in [5.41, 5.74) is 9.74. The van der Waals surface area contributed by atoms with Gasteiger partial charge in [-0.2, -0.15) is 5.10 Å². The zero-order valence-electron chi connectivity index (χ0n) is 20.6. The molecule has 8 nitrogen and oxygen atoms in total. The number of para-hydroxylation sites is 1. The van der Waals surface area contributed by atoms with Gasteiger partial charge in [0, 0.05) is 49.5 Å². The third-order valence-corrected chi connectivity index (χ3v) is 6.59. The van der Waals surface area contributed by atoms with Crippen molar-refractivity contribution in [1.29, 1.82) is 0 Å². The Morgan fingerprint density at radius 1 is 0.971 bits per heavy atom. The van der Waals surface area contributed by atoms with Gasteiger partial charge in [-0.05, 0) is 44.5 Å². The molecule has 0 spiro atoms. The number of rotatable bonds is 6. The molecule has 5 rings (SSSR count). The monoisotopic (exact) mass is 472 g/mol. The van der Waals surface area contributed by atoms with Gasteiger partial charge in [0.15, 0.2) is 5.82 Å². The van der Waals surface area contributed by atoms with Crippen molar-refractivity contribution in [3.63, 3.8) is 0 Å². The molecule has 2 aromatic heterocycles. The van der Waals surface area contributed by atoms with E-state index in [9.17, 15) is 0 Å². The van der Waals surface area contributed by atoms with E-state index in [4.69, 9.17) is 15.2 Å². The van der Waals surface area contributed by atoms with E-state index in [0.29, 0.717) is 18.2 Å². The molecule has 0 amide bonds. The van der Waals surface area contributed by atoms with E-state index in [2.05, 4.69) is 50.3 Å². The number of nitrogen functional groups attached to an aromatic ring is 1. The largest absolute Gasteiger partial charge is 0.494 e. The fourth-order valence-electron chi connectivity index (χ4n) is 4.82. The van der Waals surface area contributed by atoms with Crippen molar-refractivity contribution in [3.05, 3.63) is 60.4 Å². The summed E-state index contributed by atoms with van der Waals surface area (Å²) in [5.74, 6) is 2.91. The zero-order chi connectivity index (χ0) is 24.4. The van der Waals surface area contributed by atoms with Crippen LogP contribution in [0.25, 0.3) is 16.5 Å². The van der Waals surface area contributed by atoms with Crippen LogP contribution in [0.1, 0.15) is 19.0 Å². The smallest absolute Gasteiger partial charge is 0.162 e. The summed E-state index contributed by atoms with van der Waals surface area (Å²) >= 11 is 0. The quantitative estimate of drug-likeness (QED) is 0.444. The SMILES string of the molecule is CCOc1ccc(-n2cc3c(C)nnc(N4CCCN(c5ccccc5)CC4)c3c2N)c(OC)c1. The molecule has 182 valence electrons. The van der Waals surface area contributed by atoms with Gasteiger partial charge in [-0.15, -0.1) is 5.10 Å². The van der Waals surface area contributed by atoms with E-state index in [1.54, 1.807) is 7.11 Å². The summed E-state index contributed by atoms with van der Waals surface area (Å²) in [6.07, 6.45) is 3.06. The molecular weight excluding hydrogens is 440 g/mol. The first kappa shape index (κ1) is 22.8. The Morgan fingerprint density at radius 3 is 2.51 bits per heavy atom. The van der Waals surface area contributed by atoms with Gasteiger partial charge in [-0.3, -0.25) is 4.57 Å². The van der Waals surface area contributed by atoms with E-state index < -0.39 is 0 Å². The molecule has 0 radical (unpaired) electrons. The molecule has 0 saturated carbocycles. The lowest BCUT2D eigenvalue weighted by molar-refractivity contribution is 0.336. The summed E-state index contributed by atoms with van der Waals surface area (Å²) in [6.45, 7) is 8.18. The Kier molecular flexibility index (Phi) is 6.35. The predicted octanol–water partition coefficient (Wildman–Crippen LogP) is 4.44. The van der Waals surface area contributed by atoms with Crippen molar-refractivity contribution < 1.29 is 9.47 Å². The molecule has 3 heterocycles. The maximum Gasteiger partial charge on any atom is 0.162 e. The van der Waals surface area contributed by atoms with Crippen molar-refractivity contribution in [2.45, 2.75) is 20.3 Å². The molecule has 35 heavy (non-hydrogen) atoms. The third kappa shape index (κ3) is 4.32. The first-order valence-corrected chi connectivity index (χ1v) is 12.1. The highest BCUT2D eigenvalue weighted by atomic mass is 16.5. The van der Waals surface area contributed by atoms with E-state index in [1.807, 2.05) is 42.8 Å². The molecule has 8 heteroatoms. The number of nitrogens with two attached hydrogens (primary N) is 1. The Balaban J connectivity index is 1.52. The van der Waals surface area contributed by atoms with Crippen LogP contribution < -0.4 is 25.0 Å². The van der Waals surface area contributed by atoms with Gasteiger partial charge in [0.05, 0.1) is 30.5 Å². The van der Waals surface area contributed by atoms with Crippen LogP contribution in [0.5, 0.6) is 11.5 Å². The molecule has 2 N–H and O–H groups in total. The van der Waals surface area contributed by atoms with Crippen LogP contribution in [0.4, 0.5) is 17.3 Å². The second-order valence-electron chi connectivity index (χ2n) is 8.71. The molecule has 0 aliphatic carbocycles. The highest BCUT2D eigenvalue weighted by Crippen LogP contribution is 2.38. The van der Waals surface area contributed by atoms with Gasteiger partial charge < -0.3 is 25.0 Å². The molecule has 1 aliphatic rings. The Labute approximate surface area is 205 Å². The maximum absolute atomic E-state index is 6.80. The number of methoxy groups -OCH3 is 1. The van der Waals surface area contributed by atoms with Crippen LogP contribution in [-0.4, -0.2) is 54.7 Å². The lowest BCUT2D eigenvalue weighted by Gasteiger charge is -2.24. The minimum atomic E-state index is 0.593. The van der Waals surface area contributed by atoms with E-state index in [-0.39, 0.29) is 0 Å². The molecule has 1 aliphatic heterocycles. The van der Waals surface area contributed by atoms with Crippen LogP contribution in [0.15, 0.2) is 54.7 Å². The number of anilines is 3. The van der Waals surface area contributed by atoms with Gasteiger partial charge in [-0.25, -0.2) is 0 Å². The average Bonchev–Trinajstić information content (AvgIpc) is 3.06. The summed E-state index contributed by atoms with van der Waals surface area (Å²) in [5, 5.41) is 11.1. The van der Waals surface area contributed by atoms with Crippen molar-refractivity contribution in [1.82, 2.24) is 14.8 Å². The van der Waals surface area contributed by atoms with Crippen LogP contribution in [-0.2, 0) is 0 Å². The zero-order valence-corrected chi connectivity index (χ0v) is 20.6. The Bertz CT molecular complexity index is 1320. The second kappa shape index (κ2) is 9.74. The highest BCUT2D eigenvalue weighted by molar-refractivity contribution is 6.02. The number of fused-ring (bicyclic) bond motifs is 1. The standard InChI is InChI=1S/C27H32N6O2/c1-4-35-21-11-12-23(24(17-21)34-3)33-18-22-19(2)29-30-27(25(22)26(33)28)32-14-8-13-31(15-16-32)20-9-6-5-7-10-20/h5-7,9-12,17-18H,4,8,13-16,28H2,1-3H3. The number of nitrogens with zero attached hydrogens (tertiary/aromatic N) is 5. The molecule has 2 aromatic carbocycles. The van der Waals surface area contributed by atoms with Crippen molar-refractivity contribution in [2.24, 2.45) is 0 Å². The summed E-state index contributed by atoms with van der Waals surface area (Å²) in [7, 11) is 1.66. The minimum Gasteiger partial charge on any atom is -0.494 e. The molecule has 1 fully saturated rings. The third-order valence-electron chi connectivity index (χ3n) is 6.59. The van der Waals surface area contributed by atoms with Crippen molar-refractivity contribution in [3.8, 4) is 17.2 Å². The maximum atomic E-state index is 6.80. The fraction of sp³-hybridized carbons (Fsp3) is 0.333. The van der Waals surface area contributed by atoms with Crippen LogP contribution in [0.3, 0.4) is 0 Å². The van der Waals surface area contributed by atoms with Crippen LogP contribution >= 0.6 is 0 Å². The fourth-order valence-corrected chi connectivity index (χ4v) is 4.82. The lowest BCUT2D eigenvalue weighted by atomic mass is 10.2. The second-order valence-corrected chi connectivity index (χ2v) is 8.71. The number of hydrogen-bond acceptors (Lipinski definition) is 7. The number of ether oxygens (including phenoxy) is 2. The molecule has 4 aromatic rings. The number of aryl methyl sites for hydroxylation is 1. The molecular formula is C27H32N6O2. The number of benzene rings is 2. The summed E-state index contributed by atoms with van der Waals surface area (Å²) in [4.78, 5) is 4.74. The van der Waals surface area contributed by atoms with Crippen molar-refractivity contribution in [2.75, 3.05) is 55.4 Å². The predicted molar refractivity (Wildman–Crippen MR) is 141 cm³/mol. The van der Waals surface area contributed by atoms with E-state index >= 15 is 0 Å². The van der Waals surface area contributed by atoms with E-state index in [0.717, 1.165) is 66.3 Å². The number of hydrogen-bond donors (Lipinski definition) is 1. The van der Waals surface area contributed by atoms with Gasteiger partial charge >= 0.3 is 0 Å². The minimum absolute atomic E-state index is 0.593. The first-order valence-electron chi connectivity index (χ1n) is 12.1. The molecule has 0 bridgehead atoms. The normalized spacial score (nSPS) is 14.3. The molecule has 1 saturated heterocycles. The van der Waals surface area contributed by atoms with Gasteiger partial charge in [0.2, 0.25) is 0 Å². The number of aromatic nitrogens is 3. The van der Waals surface area contributed by atoms with E-state index in [1.165, 1.54) is 5.69 Å². The lowest BCUT2D eigenvalue weighted by Crippen LogP contribution is -2.31. The first-order chi connectivity index (χ1) is 17.1. The van der Waals surface area contributed by atoms with Crippen LogP contribution in [0, 0.1) is 6.92 Å². The van der Waals surface area contributed by atoms with Gasteiger partial charge in [0.1, 0.15) is 17.3 Å². The highest BCUT2D eigenvalue weighted by Gasteiger charge is 2.23. The summed E-state index contributed by atoms with van der Waals surface area (Å²) < 4.78 is 13.3. The summed E-state index contributed by atoms with van der Waals surface area (Å²) in [6, 6.07) is 16.4. The Hall–Kier alpha value is -3.94. The molecule has 0 unspecified atom stereocenters. The van der Waals surface area contributed by atoms with Crippen molar-refractivity contribution >= 4 is 28.1 Å². The van der Waals surface area contributed by atoms with Gasteiger partial charge in [0.25, 0.3) is 0 Å². The average molecular weight is 473 g/mol. The topological polar surface area (TPSA) is 81.7 Å². The Morgan fingerprint density at radius 2 is 1.74 bits per heavy atom. The van der Waals surface area contributed by atoms with Gasteiger partial charge in [-0.1, -0.05) is 18.2 Å². The van der Waals surface area contributed by atoms with Crippen LogP contribution in [0.2, 0.25) is 0 Å². The molecule has 0 atom stereocenters.